The lowest BCUT2D eigenvalue weighted by Crippen LogP contribution is -2.29. The van der Waals surface area contributed by atoms with Gasteiger partial charge in [-0.15, -0.1) is 0 Å². The van der Waals surface area contributed by atoms with Crippen LogP contribution >= 0.6 is 0 Å². The summed E-state index contributed by atoms with van der Waals surface area (Å²) in [4.78, 5) is 10.5. The molecule has 0 aliphatic heterocycles. The molecule has 0 radical (unpaired) electrons. The molecule has 1 atom stereocenters. The minimum Gasteiger partial charge on any atom is -0.469 e. The molecule has 78 valence electrons. The molecule has 0 saturated heterocycles. The number of methoxy groups -OCH3 is 1. The summed E-state index contributed by atoms with van der Waals surface area (Å²) >= 11 is 0. The van der Waals surface area contributed by atoms with E-state index in [-0.39, 0.29) is 13.0 Å². The highest BCUT2D eigenvalue weighted by atomic mass is 19.4. The molecule has 0 fully saturated rings. The summed E-state index contributed by atoms with van der Waals surface area (Å²) < 4.78 is 44.0. The van der Waals surface area contributed by atoms with Gasteiger partial charge in [0.25, 0.3) is 0 Å². The Kier molecular flexibility index (Phi) is 4.76. The number of ether oxygens (including phenoxy) is 2. The number of hydrogen-bond acceptors (Lipinski definition) is 3. The third-order valence-electron chi connectivity index (χ3n) is 1.36. The number of esters is 1. The third-order valence-corrected chi connectivity index (χ3v) is 1.36. The molecule has 0 aromatic heterocycles. The van der Waals surface area contributed by atoms with Crippen molar-refractivity contribution in [1.82, 2.24) is 0 Å². The van der Waals surface area contributed by atoms with Crippen molar-refractivity contribution >= 4 is 5.97 Å². The van der Waals surface area contributed by atoms with Gasteiger partial charge in [0.05, 0.1) is 20.1 Å². The minimum atomic E-state index is -4.38. The van der Waals surface area contributed by atoms with Gasteiger partial charge < -0.3 is 9.47 Å². The van der Waals surface area contributed by atoms with Gasteiger partial charge in [-0.2, -0.15) is 13.2 Å². The molecule has 0 rings (SSSR count). The van der Waals surface area contributed by atoms with Crippen LogP contribution in [0.1, 0.15) is 13.3 Å². The molecule has 0 aromatic rings. The summed E-state index contributed by atoms with van der Waals surface area (Å²) in [5.74, 6) is -0.589. The molecule has 6 heteroatoms. The van der Waals surface area contributed by atoms with Crippen LogP contribution in [0.2, 0.25) is 0 Å². The number of carbonyl (C=O) groups is 1. The van der Waals surface area contributed by atoms with E-state index in [2.05, 4.69) is 9.47 Å². The molecule has 1 unspecified atom stereocenters. The van der Waals surface area contributed by atoms with E-state index in [0.717, 1.165) is 14.0 Å². The molecule has 0 N–H and O–H groups in total. The Morgan fingerprint density at radius 1 is 1.46 bits per heavy atom. The molecular formula is C7H11F3O3. The molecule has 0 aliphatic carbocycles. The Balaban J connectivity index is 3.60. The molecule has 13 heavy (non-hydrogen) atoms. The lowest BCUT2D eigenvalue weighted by atomic mass is 10.4. The quantitative estimate of drug-likeness (QED) is 0.645. The maximum atomic E-state index is 11.8. The first-order valence-electron chi connectivity index (χ1n) is 3.63. The minimum absolute atomic E-state index is 0.170. The van der Waals surface area contributed by atoms with E-state index in [4.69, 9.17) is 0 Å². The summed E-state index contributed by atoms with van der Waals surface area (Å²) in [7, 11) is 1.16. The van der Waals surface area contributed by atoms with Crippen LogP contribution in [0.3, 0.4) is 0 Å². The molecule has 3 nitrogen and oxygen atoms in total. The second-order valence-electron chi connectivity index (χ2n) is 2.38. The van der Waals surface area contributed by atoms with Crippen LogP contribution in [0.5, 0.6) is 0 Å². The molecular weight excluding hydrogens is 189 g/mol. The monoisotopic (exact) mass is 200 g/mol. The SMILES string of the molecule is COC(=O)CCOC(C)C(F)(F)F. The van der Waals surface area contributed by atoms with Crippen LogP contribution in [-0.2, 0) is 14.3 Å². The van der Waals surface area contributed by atoms with Gasteiger partial charge in [0.2, 0.25) is 0 Å². The summed E-state index contributed by atoms with van der Waals surface area (Å²) in [6.45, 7) is 0.602. The third kappa shape index (κ3) is 5.46. The second kappa shape index (κ2) is 5.06. The van der Waals surface area contributed by atoms with Gasteiger partial charge in [0.1, 0.15) is 0 Å². The Morgan fingerprint density at radius 3 is 2.38 bits per heavy atom. The zero-order valence-corrected chi connectivity index (χ0v) is 7.35. The van der Waals surface area contributed by atoms with E-state index >= 15 is 0 Å². The van der Waals surface area contributed by atoms with Crippen molar-refractivity contribution < 1.29 is 27.4 Å². The first-order valence-corrected chi connectivity index (χ1v) is 3.63. The molecule has 0 aliphatic rings. The number of carbonyl (C=O) groups excluding carboxylic acids is 1. The number of rotatable bonds is 4. The highest BCUT2D eigenvalue weighted by Gasteiger charge is 2.36. The van der Waals surface area contributed by atoms with Crippen LogP contribution in [0.15, 0.2) is 0 Å². The van der Waals surface area contributed by atoms with Gasteiger partial charge in [0, 0.05) is 0 Å². The second-order valence-corrected chi connectivity index (χ2v) is 2.38. The Morgan fingerprint density at radius 2 is 2.00 bits per heavy atom. The molecule has 0 bridgehead atoms. The van der Waals surface area contributed by atoms with Crippen molar-refractivity contribution in [2.75, 3.05) is 13.7 Å². The van der Waals surface area contributed by atoms with Gasteiger partial charge in [-0.05, 0) is 6.92 Å². The first-order chi connectivity index (χ1) is 5.88. The van der Waals surface area contributed by atoms with Crippen molar-refractivity contribution in [2.24, 2.45) is 0 Å². The lowest BCUT2D eigenvalue weighted by Gasteiger charge is -2.15. The molecule has 0 heterocycles. The zero-order chi connectivity index (χ0) is 10.5. The van der Waals surface area contributed by atoms with Gasteiger partial charge in [-0.1, -0.05) is 0 Å². The van der Waals surface area contributed by atoms with Crippen molar-refractivity contribution in [3.63, 3.8) is 0 Å². The number of hydrogen-bond donors (Lipinski definition) is 0. The van der Waals surface area contributed by atoms with Gasteiger partial charge >= 0.3 is 12.1 Å². The van der Waals surface area contributed by atoms with Crippen molar-refractivity contribution in [1.29, 1.82) is 0 Å². The van der Waals surface area contributed by atoms with Gasteiger partial charge in [0.15, 0.2) is 6.10 Å². The Labute approximate surface area is 73.8 Å². The summed E-state index contributed by atoms with van der Waals surface area (Å²) in [5, 5.41) is 0. The van der Waals surface area contributed by atoms with Gasteiger partial charge in [-0.25, -0.2) is 0 Å². The summed E-state index contributed by atoms with van der Waals surface area (Å²) in [6, 6.07) is 0. The standard InChI is InChI=1S/C7H11F3O3/c1-5(7(8,9)10)13-4-3-6(11)12-2/h5H,3-4H2,1-2H3. The number of halogens is 3. The van der Waals surface area contributed by atoms with Crippen LogP contribution in [-0.4, -0.2) is 32.0 Å². The topological polar surface area (TPSA) is 35.5 Å². The van der Waals surface area contributed by atoms with E-state index in [9.17, 15) is 18.0 Å². The van der Waals surface area contributed by atoms with Gasteiger partial charge in [-0.3, -0.25) is 4.79 Å². The van der Waals surface area contributed by atoms with Crippen LogP contribution in [0.25, 0.3) is 0 Å². The van der Waals surface area contributed by atoms with E-state index < -0.39 is 18.2 Å². The van der Waals surface area contributed by atoms with Crippen LogP contribution in [0, 0.1) is 0 Å². The predicted molar refractivity (Wildman–Crippen MR) is 38.1 cm³/mol. The normalized spacial score (nSPS) is 13.9. The summed E-state index contributed by atoms with van der Waals surface area (Å²) in [6.07, 6.45) is -6.40. The zero-order valence-electron chi connectivity index (χ0n) is 7.35. The first kappa shape index (κ1) is 12.2. The largest absolute Gasteiger partial charge is 0.469 e. The average Bonchev–Trinajstić information content (AvgIpc) is 2.02. The van der Waals surface area contributed by atoms with Crippen molar-refractivity contribution in [2.45, 2.75) is 25.6 Å². The highest BCUT2D eigenvalue weighted by Crippen LogP contribution is 2.22. The van der Waals surface area contributed by atoms with E-state index in [0.29, 0.717) is 0 Å². The fourth-order valence-corrected chi connectivity index (χ4v) is 0.516. The lowest BCUT2D eigenvalue weighted by molar-refractivity contribution is -0.214. The Hall–Kier alpha value is -0.780. The van der Waals surface area contributed by atoms with Crippen LogP contribution < -0.4 is 0 Å². The summed E-state index contributed by atoms with van der Waals surface area (Å²) in [5.41, 5.74) is 0. The maximum Gasteiger partial charge on any atom is 0.414 e. The highest BCUT2D eigenvalue weighted by molar-refractivity contribution is 5.69. The van der Waals surface area contributed by atoms with E-state index in [1.807, 2.05) is 0 Å². The fraction of sp³-hybridized carbons (Fsp3) is 0.857. The molecule has 0 spiro atoms. The van der Waals surface area contributed by atoms with Crippen molar-refractivity contribution in [3.8, 4) is 0 Å². The number of alkyl halides is 3. The van der Waals surface area contributed by atoms with E-state index in [1.54, 1.807) is 0 Å². The van der Waals surface area contributed by atoms with Crippen LogP contribution in [0.4, 0.5) is 13.2 Å². The predicted octanol–water partition coefficient (Wildman–Crippen LogP) is 1.52. The molecule has 0 amide bonds. The smallest absolute Gasteiger partial charge is 0.414 e. The molecule has 0 saturated carbocycles. The maximum absolute atomic E-state index is 11.8. The molecule has 0 aromatic carbocycles. The Bertz CT molecular complexity index is 167. The fourth-order valence-electron chi connectivity index (χ4n) is 0.516. The van der Waals surface area contributed by atoms with E-state index in [1.165, 1.54) is 0 Å². The van der Waals surface area contributed by atoms with Crippen molar-refractivity contribution in [3.05, 3.63) is 0 Å². The average molecular weight is 200 g/mol.